The number of allylic oxidation sites excluding steroid dienone is 2. The molecule has 27 heavy (non-hydrogen) atoms. The Balaban J connectivity index is 1.96. The average Bonchev–Trinajstić information content (AvgIpc) is 2.67. The summed E-state index contributed by atoms with van der Waals surface area (Å²) in [6, 6.07) is 10.7. The van der Waals surface area contributed by atoms with Crippen LogP contribution in [0.15, 0.2) is 62.6 Å². The molecule has 1 aliphatic rings. The van der Waals surface area contributed by atoms with Crippen molar-refractivity contribution in [2.45, 2.75) is 31.8 Å². The Morgan fingerprint density at radius 3 is 2.63 bits per heavy atom. The van der Waals surface area contributed by atoms with E-state index in [0.717, 1.165) is 29.3 Å². The number of nitrogens with two attached hydrogens (primary N) is 1. The Morgan fingerprint density at radius 1 is 1.15 bits per heavy atom. The number of nitrogens with zero attached hydrogens (tertiary/aromatic N) is 3. The molecule has 3 aromatic rings. The highest BCUT2D eigenvalue weighted by atomic mass is 79.9. The van der Waals surface area contributed by atoms with Crippen LogP contribution in [0.3, 0.4) is 0 Å². The van der Waals surface area contributed by atoms with Crippen molar-refractivity contribution in [3.63, 3.8) is 0 Å². The van der Waals surface area contributed by atoms with Crippen LogP contribution in [-0.4, -0.2) is 14.1 Å². The van der Waals surface area contributed by atoms with E-state index in [0.29, 0.717) is 16.9 Å². The minimum absolute atomic E-state index is 0.125. The van der Waals surface area contributed by atoms with Gasteiger partial charge in [-0.1, -0.05) is 40.2 Å². The normalized spacial score (nSPS) is 16.7. The number of aromatic nitrogens is 3. The number of rotatable bonds is 3. The van der Waals surface area contributed by atoms with Crippen molar-refractivity contribution in [3.05, 3.63) is 79.4 Å². The predicted octanol–water partition coefficient (Wildman–Crippen LogP) is 3.23. The van der Waals surface area contributed by atoms with Crippen molar-refractivity contribution in [2.75, 3.05) is 5.73 Å². The quantitative estimate of drug-likeness (QED) is 0.651. The Morgan fingerprint density at radius 2 is 1.93 bits per heavy atom. The van der Waals surface area contributed by atoms with Crippen molar-refractivity contribution >= 4 is 32.8 Å². The summed E-state index contributed by atoms with van der Waals surface area (Å²) in [6.07, 6.45) is 6.91. The molecule has 2 heterocycles. The number of hydrogen-bond donors (Lipinski definition) is 1. The van der Waals surface area contributed by atoms with Gasteiger partial charge in [0.05, 0.1) is 18.0 Å². The highest BCUT2D eigenvalue weighted by Gasteiger charge is 2.20. The van der Waals surface area contributed by atoms with Crippen LogP contribution < -0.4 is 17.0 Å². The molecule has 6 nitrogen and oxygen atoms in total. The lowest BCUT2D eigenvalue weighted by atomic mass is 10.0. The molecule has 0 fully saturated rings. The van der Waals surface area contributed by atoms with Gasteiger partial charge in [-0.15, -0.1) is 0 Å². The molecule has 0 aliphatic heterocycles. The number of nitrogen functional groups attached to an aromatic ring is 1. The van der Waals surface area contributed by atoms with Crippen molar-refractivity contribution in [3.8, 4) is 0 Å². The van der Waals surface area contributed by atoms with E-state index in [4.69, 9.17) is 5.73 Å². The summed E-state index contributed by atoms with van der Waals surface area (Å²) in [7, 11) is 0. The van der Waals surface area contributed by atoms with E-state index in [2.05, 4.69) is 27.0 Å². The third-order valence-corrected chi connectivity index (χ3v) is 5.38. The van der Waals surface area contributed by atoms with E-state index < -0.39 is 0 Å². The smallest absolute Gasteiger partial charge is 0.333 e. The molecule has 2 N–H and O–H groups in total. The second kappa shape index (κ2) is 7.15. The average molecular weight is 427 g/mol. The Bertz CT molecular complexity index is 1150. The van der Waals surface area contributed by atoms with E-state index in [1.54, 1.807) is 16.7 Å². The van der Waals surface area contributed by atoms with E-state index in [1.165, 1.54) is 4.57 Å². The zero-order valence-electron chi connectivity index (χ0n) is 14.6. The van der Waals surface area contributed by atoms with Crippen LogP contribution in [-0.2, 0) is 6.54 Å². The monoisotopic (exact) mass is 426 g/mol. The number of hydrogen-bond acceptors (Lipinski definition) is 4. The first-order chi connectivity index (χ1) is 13.0. The Kier molecular flexibility index (Phi) is 4.70. The van der Waals surface area contributed by atoms with Crippen molar-refractivity contribution in [2.24, 2.45) is 0 Å². The fourth-order valence-corrected chi connectivity index (χ4v) is 3.75. The predicted molar refractivity (Wildman–Crippen MR) is 110 cm³/mol. The van der Waals surface area contributed by atoms with E-state index >= 15 is 0 Å². The van der Waals surface area contributed by atoms with Crippen molar-refractivity contribution < 1.29 is 0 Å². The summed E-state index contributed by atoms with van der Waals surface area (Å²) in [5.41, 5.74) is 6.37. The first-order valence-corrected chi connectivity index (χ1v) is 9.66. The molecule has 138 valence electrons. The number of pyridine rings is 1. The molecular weight excluding hydrogens is 408 g/mol. The summed E-state index contributed by atoms with van der Waals surface area (Å²) in [6.45, 7) is 0.210. The van der Waals surface area contributed by atoms with Gasteiger partial charge in [0.25, 0.3) is 5.56 Å². The molecule has 0 amide bonds. The van der Waals surface area contributed by atoms with Gasteiger partial charge in [-0.05, 0) is 49.1 Å². The lowest BCUT2D eigenvalue weighted by Gasteiger charge is -2.22. The topological polar surface area (TPSA) is 82.9 Å². The summed E-state index contributed by atoms with van der Waals surface area (Å²) in [4.78, 5) is 30.6. The minimum atomic E-state index is -0.356. The Hall–Kier alpha value is -2.67. The maximum atomic E-state index is 13.3. The molecule has 1 aliphatic carbocycles. The number of benzene rings is 1. The zero-order valence-corrected chi connectivity index (χ0v) is 16.2. The number of fused-ring (bicyclic) bond motifs is 1. The van der Waals surface area contributed by atoms with Gasteiger partial charge in [-0.25, -0.2) is 9.78 Å². The first-order valence-electron chi connectivity index (χ1n) is 8.87. The van der Waals surface area contributed by atoms with E-state index in [1.807, 2.05) is 30.3 Å². The van der Waals surface area contributed by atoms with Gasteiger partial charge < -0.3 is 5.73 Å². The molecule has 0 radical (unpaired) electrons. The second-order valence-corrected chi connectivity index (χ2v) is 7.62. The van der Waals surface area contributed by atoms with Gasteiger partial charge in [-0.3, -0.25) is 13.9 Å². The van der Waals surface area contributed by atoms with Gasteiger partial charge in [0, 0.05) is 4.47 Å². The fourth-order valence-electron chi connectivity index (χ4n) is 3.49. The van der Waals surface area contributed by atoms with Gasteiger partial charge in [0.15, 0.2) is 5.65 Å². The molecule has 1 unspecified atom stereocenters. The third kappa shape index (κ3) is 3.35. The molecule has 0 saturated carbocycles. The molecule has 0 spiro atoms. The van der Waals surface area contributed by atoms with Crippen LogP contribution in [0.4, 0.5) is 5.82 Å². The molecule has 1 aromatic carbocycles. The molecule has 2 aromatic heterocycles. The van der Waals surface area contributed by atoms with Crippen molar-refractivity contribution in [1.82, 2.24) is 14.1 Å². The largest absolute Gasteiger partial charge is 0.384 e. The Labute approximate surface area is 164 Å². The van der Waals surface area contributed by atoms with E-state index in [9.17, 15) is 9.59 Å². The second-order valence-electron chi connectivity index (χ2n) is 6.70. The lowest BCUT2D eigenvalue weighted by molar-refractivity contribution is 0.487. The van der Waals surface area contributed by atoms with Gasteiger partial charge in [0.1, 0.15) is 5.82 Å². The lowest BCUT2D eigenvalue weighted by Crippen LogP contribution is -2.42. The molecule has 0 saturated heterocycles. The van der Waals surface area contributed by atoms with Crippen LogP contribution >= 0.6 is 15.9 Å². The fraction of sp³-hybridized carbons (Fsp3) is 0.250. The highest BCUT2D eigenvalue weighted by molar-refractivity contribution is 9.10. The van der Waals surface area contributed by atoms with Crippen LogP contribution in [0, 0.1) is 0 Å². The molecule has 7 heteroatoms. The minimum Gasteiger partial charge on any atom is -0.384 e. The standard InChI is InChI=1S/C20H19BrN4O2/c21-14-8-6-13(7-9-14)12-24-19(26)16-10-11-17(22)23-18(16)25(20(24)27)15-4-2-1-3-5-15/h2,4,6-11,15H,1,3,5,12H2,(H2,22,23). The number of anilines is 1. The summed E-state index contributed by atoms with van der Waals surface area (Å²) in [5, 5.41) is 0.403. The van der Waals surface area contributed by atoms with Crippen LogP contribution in [0.25, 0.3) is 11.0 Å². The zero-order chi connectivity index (χ0) is 19.0. The SMILES string of the molecule is Nc1ccc2c(=O)n(Cc3ccc(Br)cc3)c(=O)n(C3C=CCCC3)c2n1. The van der Waals surface area contributed by atoms with Crippen molar-refractivity contribution in [1.29, 1.82) is 0 Å². The van der Waals surface area contributed by atoms with Crippen LogP contribution in [0.1, 0.15) is 30.9 Å². The maximum Gasteiger partial charge on any atom is 0.333 e. The van der Waals surface area contributed by atoms with Gasteiger partial charge in [-0.2, -0.15) is 0 Å². The third-order valence-electron chi connectivity index (χ3n) is 4.85. The molecule has 4 rings (SSSR count). The summed E-state index contributed by atoms with van der Waals surface area (Å²) < 4.78 is 3.84. The first kappa shape index (κ1) is 17.7. The maximum absolute atomic E-state index is 13.3. The highest BCUT2D eigenvalue weighted by Crippen LogP contribution is 2.23. The van der Waals surface area contributed by atoms with E-state index in [-0.39, 0.29) is 23.8 Å². The summed E-state index contributed by atoms with van der Waals surface area (Å²) >= 11 is 3.40. The van der Waals surface area contributed by atoms with Crippen LogP contribution in [0.5, 0.6) is 0 Å². The molecule has 0 bridgehead atoms. The molecule has 1 atom stereocenters. The van der Waals surface area contributed by atoms with Gasteiger partial charge in [0.2, 0.25) is 0 Å². The summed E-state index contributed by atoms with van der Waals surface area (Å²) in [5.74, 6) is 0.292. The van der Waals surface area contributed by atoms with Crippen LogP contribution in [0.2, 0.25) is 0 Å². The molecular formula is C20H19BrN4O2. The number of halogens is 1. The van der Waals surface area contributed by atoms with Gasteiger partial charge >= 0.3 is 5.69 Å².